The molecule has 23 rings (SSSR count). The first-order valence-electron chi connectivity index (χ1n) is 48.7. The average Bonchev–Trinajstić information content (AvgIpc) is 0.887. The van der Waals surface area contributed by atoms with Crippen LogP contribution < -0.4 is 86.9 Å². The van der Waals surface area contributed by atoms with Crippen molar-refractivity contribution in [2.75, 3.05) is 151 Å². The third kappa shape index (κ3) is 21.0. The Hall–Kier alpha value is -15.7. The third-order valence-electron chi connectivity index (χ3n) is 27.6. The first-order valence-corrected chi connectivity index (χ1v) is 48.7. The molecule has 33 heteroatoms. The number of nitrogens with one attached hydrogen (secondary N) is 3. The van der Waals surface area contributed by atoms with Crippen LogP contribution in [-0.4, -0.2) is 227 Å². The van der Waals surface area contributed by atoms with E-state index in [1.807, 2.05) is 185 Å². The fourth-order valence-corrected chi connectivity index (χ4v) is 19.6. The van der Waals surface area contributed by atoms with Crippen molar-refractivity contribution in [3.05, 3.63) is 299 Å². The largest absolute Gasteiger partial charge is 0.493 e. The van der Waals surface area contributed by atoms with Crippen LogP contribution in [0.3, 0.4) is 0 Å². The molecule has 17 aromatic rings. The highest BCUT2D eigenvalue weighted by Crippen LogP contribution is 2.39. The molecule has 6 aliphatic heterocycles. The molecule has 0 spiro atoms. The van der Waals surface area contributed by atoms with Gasteiger partial charge in [-0.2, -0.15) is 0 Å². The van der Waals surface area contributed by atoms with Crippen molar-refractivity contribution in [3.63, 3.8) is 0 Å². The van der Waals surface area contributed by atoms with Crippen LogP contribution in [0.2, 0.25) is 0 Å². The smallest absolute Gasteiger partial charge is 0.258 e. The maximum absolute atomic E-state index is 13.0. The molecule has 144 heavy (non-hydrogen) atoms. The summed E-state index contributed by atoms with van der Waals surface area (Å²) in [6, 6.07) is 56.0. The minimum absolute atomic E-state index is 0.0935. The number of hydrogen-bond donors (Lipinski definition) is 3. The maximum Gasteiger partial charge on any atom is 0.258 e. The Balaban J connectivity index is 0.000000114. The fraction of sp³-hybridized carbons (Fsp3) is 0.315. The number of hydrogen-bond acceptors (Lipinski definition) is 28. The first kappa shape index (κ1) is 97.2. The quantitative estimate of drug-likeness (QED) is 0.0677. The zero-order chi connectivity index (χ0) is 100. The van der Waals surface area contributed by atoms with Crippen LogP contribution in [0.25, 0.3) is 118 Å². The molecule has 3 atom stereocenters. The molecule has 0 amide bonds. The van der Waals surface area contributed by atoms with Crippen molar-refractivity contribution < 1.29 is 37.3 Å². The minimum Gasteiger partial charge on any atom is -0.493 e. The van der Waals surface area contributed by atoms with Gasteiger partial charge in [0, 0.05) is 186 Å². The van der Waals surface area contributed by atoms with Crippen LogP contribution >= 0.6 is 0 Å². The molecular weight excluding hydrogens is 1820 g/mol. The number of nitrogens with zero attached hydrogens (tertiary/aromatic N) is 17. The molecule has 2 bridgehead atoms. The number of piperidine rings is 1. The Kier molecular flexibility index (Phi) is 28.8. The lowest BCUT2D eigenvalue weighted by Gasteiger charge is -2.36. The molecule has 3 N–H and O–H groups in total. The molecule has 33 nitrogen and oxygen atoms in total. The standard InChI is InChI=1S/C24H30N4O3.C23H23N3O3.C22H23N5O2.C21H21N5O2.C21H21N3O3/c1-16-12-19(27-10-8-18(9-11-27)26(2)3)15-28-23(29)14-20(25-24(16)28)17-6-7-21(30-4)22(13-17)31-5;1-28-20-7-3-14(11-21(20)29-2)19-12-23(27)26-13-15(4-8-22(26)25-19)16-9-17-5-6-18(10-16)24-17;1-14-23-18-6-4-15(10-20(18)29-14)19-11-22(28)27-13-17(5-7-21(27)24-19)26-9-8-16(12-26)25(2)3;1-2-20-24-16-5-3-14(11-18(16)28-20)17-12-21(27)26-13-15(4-6-19(26)23-17)25-9-7-22-8-10-25;1-26-18-7-5-14(10-19(18)27-2)17-11-21(25)24-13-16(6-8-20(24)23-17)15-4-3-9-22-12-15/h6-7,12-15,18H,8-11H2,1-5H3;3-4,7-9,11-13,17-18,24H,5-6,10H2,1-2H3;4-7,10-11,13,16H,8-9,12H2,1-3H3;3-6,11-13,22H,2,7-10H2,1H3;4-8,10-11,13,22H,3,9,12H2,1-2H3/t;17-,18+;16-;;/m.11../s1. The summed E-state index contributed by atoms with van der Waals surface area (Å²) < 4.78 is 51.5. The number of piperazine rings is 1. The van der Waals surface area contributed by atoms with Gasteiger partial charge in [-0.05, 0) is 248 Å². The van der Waals surface area contributed by atoms with Gasteiger partial charge in [0.15, 0.2) is 57.4 Å². The number of benzene rings is 5. The SMILES string of the molecule is CCc1nc2ccc(-c3cc(=O)n4cc(N5CCNCC5)ccc4n3)cc2o1.COc1ccc(-c2cc(=O)n3cc(C4=CCCNC4)ccc3n2)cc1OC.COc1ccc(-c2cc(=O)n3cc(C4=C[C@H]5CC[C@@H](C4)N5)ccc3n2)cc1OC.COc1ccc(-c2cc(=O)n3cc(N4CCC(N(C)C)CC4)cc(C)c3n2)cc1OC.Cc1nc2ccc(-c3cc(=O)n4cc(N5CC[C@@H](N(C)C)C5)ccc4n3)cc2o1. The van der Waals surface area contributed by atoms with Gasteiger partial charge in [-0.3, -0.25) is 46.0 Å². The van der Waals surface area contributed by atoms with E-state index in [1.54, 1.807) is 95.0 Å². The average molecular weight is 1940 g/mol. The van der Waals surface area contributed by atoms with Gasteiger partial charge in [0.25, 0.3) is 27.8 Å². The lowest BCUT2D eigenvalue weighted by molar-refractivity contribution is 0.249. The monoisotopic (exact) mass is 1940 g/mol. The van der Waals surface area contributed by atoms with Crippen LogP contribution in [0.15, 0.2) is 252 Å². The molecule has 0 radical (unpaired) electrons. The van der Waals surface area contributed by atoms with Gasteiger partial charge < -0.3 is 77.7 Å². The van der Waals surface area contributed by atoms with E-state index in [0.717, 1.165) is 177 Å². The topological polar surface area (TPSA) is 332 Å². The van der Waals surface area contributed by atoms with Gasteiger partial charge in [0.05, 0.1) is 88.2 Å². The van der Waals surface area contributed by atoms with Gasteiger partial charge >= 0.3 is 0 Å². The van der Waals surface area contributed by atoms with Crippen LogP contribution in [0.4, 0.5) is 17.1 Å². The van der Waals surface area contributed by atoms with Gasteiger partial charge in [-0.1, -0.05) is 31.2 Å². The zero-order valence-corrected chi connectivity index (χ0v) is 83.2. The zero-order valence-electron chi connectivity index (χ0n) is 83.2. The Morgan fingerprint density at radius 1 is 0.382 bits per heavy atom. The predicted octanol–water partition coefficient (Wildman–Crippen LogP) is 14.7. The molecule has 0 aliphatic carbocycles. The molecule has 5 aromatic carbocycles. The maximum atomic E-state index is 13.0. The van der Waals surface area contributed by atoms with Crippen molar-refractivity contribution >= 4 is 78.6 Å². The number of rotatable bonds is 19. The number of methoxy groups -OCH3 is 6. The number of fused-ring (bicyclic) bond motifs is 9. The van der Waals surface area contributed by atoms with Crippen molar-refractivity contribution in [1.82, 2.24) is 82.6 Å². The van der Waals surface area contributed by atoms with E-state index in [1.165, 1.54) is 24.0 Å². The molecule has 4 fully saturated rings. The lowest BCUT2D eigenvalue weighted by Crippen LogP contribution is -2.43. The summed E-state index contributed by atoms with van der Waals surface area (Å²) in [4.78, 5) is 108. The highest BCUT2D eigenvalue weighted by molar-refractivity contribution is 5.82. The van der Waals surface area contributed by atoms with Gasteiger partial charge in [-0.15, -0.1) is 0 Å². The summed E-state index contributed by atoms with van der Waals surface area (Å²) in [5, 5.41) is 10.3. The summed E-state index contributed by atoms with van der Waals surface area (Å²) in [5.74, 6) is 5.06. The molecule has 4 saturated heterocycles. The van der Waals surface area contributed by atoms with Crippen LogP contribution in [0, 0.1) is 13.8 Å². The molecule has 6 aliphatic rings. The summed E-state index contributed by atoms with van der Waals surface area (Å²) >= 11 is 0. The third-order valence-corrected chi connectivity index (χ3v) is 27.6. The second kappa shape index (κ2) is 42.6. The van der Waals surface area contributed by atoms with E-state index in [9.17, 15) is 24.0 Å². The van der Waals surface area contributed by atoms with Crippen LogP contribution in [-0.2, 0) is 6.42 Å². The number of likely N-dealkylation sites (N-methyl/N-ethyl adjacent to an activating group) is 1. The van der Waals surface area contributed by atoms with Crippen molar-refractivity contribution in [2.24, 2.45) is 0 Å². The molecule has 0 unspecified atom stereocenters. The molecule has 12 aromatic heterocycles. The predicted molar refractivity (Wildman–Crippen MR) is 564 cm³/mol. The molecular formula is C111H118N20O13. The Morgan fingerprint density at radius 3 is 1.28 bits per heavy atom. The van der Waals surface area contributed by atoms with Crippen molar-refractivity contribution in [3.8, 4) is 90.8 Å². The summed E-state index contributed by atoms with van der Waals surface area (Å²) in [6.07, 6.45) is 22.5. The molecule has 740 valence electrons. The van der Waals surface area contributed by atoms with E-state index in [4.69, 9.17) is 57.2 Å². The van der Waals surface area contributed by atoms with E-state index in [2.05, 4.69) is 108 Å². The first-order chi connectivity index (χ1) is 69.9. The Bertz CT molecular complexity index is 8080. The van der Waals surface area contributed by atoms with Crippen molar-refractivity contribution in [1.29, 1.82) is 0 Å². The second-order valence-electron chi connectivity index (χ2n) is 37.2. The number of ether oxygens (including phenoxy) is 6. The van der Waals surface area contributed by atoms with E-state index in [0.29, 0.717) is 138 Å². The number of aryl methyl sites for hydroxylation is 3. The number of oxazole rings is 2. The lowest BCUT2D eigenvalue weighted by atomic mass is 9.97. The number of pyridine rings is 5. The van der Waals surface area contributed by atoms with Crippen molar-refractivity contribution in [2.45, 2.75) is 96.3 Å². The van der Waals surface area contributed by atoms with Gasteiger partial charge in [0.1, 0.15) is 39.3 Å². The van der Waals surface area contributed by atoms with E-state index < -0.39 is 0 Å². The normalized spacial score (nSPS) is 16.3. The molecule has 0 saturated carbocycles. The van der Waals surface area contributed by atoms with Gasteiger partial charge in [0.2, 0.25) is 0 Å². The molecule has 18 heterocycles. The number of aromatic nitrogens is 12. The second-order valence-corrected chi connectivity index (χ2v) is 37.2. The van der Waals surface area contributed by atoms with E-state index in [-0.39, 0.29) is 27.8 Å². The van der Waals surface area contributed by atoms with Crippen LogP contribution in [0.1, 0.15) is 80.3 Å². The Morgan fingerprint density at radius 2 is 0.806 bits per heavy atom. The van der Waals surface area contributed by atoms with Gasteiger partial charge in [-0.25, -0.2) is 34.9 Å². The summed E-state index contributed by atoms with van der Waals surface area (Å²) in [7, 11) is 18.1. The fourth-order valence-electron chi connectivity index (χ4n) is 19.6. The highest BCUT2D eigenvalue weighted by atomic mass is 16.5. The minimum atomic E-state index is -0.115. The number of anilines is 3. The summed E-state index contributed by atoms with van der Waals surface area (Å²) in [6.45, 7) is 15.3. The van der Waals surface area contributed by atoms with Crippen LogP contribution in [0.5, 0.6) is 34.5 Å². The summed E-state index contributed by atoms with van der Waals surface area (Å²) in [5.41, 5.74) is 21.7. The van der Waals surface area contributed by atoms with E-state index >= 15 is 0 Å². The highest BCUT2D eigenvalue weighted by Gasteiger charge is 2.31. The Labute approximate surface area is 831 Å².